The Bertz CT molecular complexity index is 779. The number of aliphatic imine (C=N–C) groups is 1. The number of rotatable bonds is 5. The number of carboxylic acids is 1. The Morgan fingerprint density at radius 1 is 1.21 bits per heavy atom. The number of carbonyl (C=O) groups is 2. The van der Waals surface area contributed by atoms with E-state index < -0.39 is 85.1 Å². The van der Waals surface area contributed by atoms with E-state index in [4.69, 9.17) is 25.1 Å². The number of carboxylic acid groups (broad SMARTS) is 1. The van der Waals surface area contributed by atoms with Gasteiger partial charge in [0.1, 0.15) is 23.3 Å². The van der Waals surface area contributed by atoms with Crippen LogP contribution in [0.4, 0.5) is 0 Å². The van der Waals surface area contributed by atoms with Gasteiger partial charge in [-0.25, -0.2) is 4.99 Å². The van der Waals surface area contributed by atoms with Crippen molar-refractivity contribution in [1.29, 1.82) is 0 Å². The van der Waals surface area contributed by atoms with Crippen molar-refractivity contribution >= 4 is 17.9 Å². The number of esters is 1. The summed E-state index contributed by atoms with van der Waals surface area (Å²) in [6.45, 7) is -0.976. The first-order valence-corrected chi connectivity index (χ1v) is 8.79. The molecule has 5 rings (SSSR count). The molecule has 1 aliphatic carbocycles. The van der Waals surface area contributed by atoms with Gasteiger partial charge in [-0.1, -0.05) is 0 Å². The second-order valence-corrected chi connectivity index (χ2v) is 7.58. The molecular formula is C15H21N3O11. The fourth-order valence-corrected chi connectivity index (χ4v) is 4.78. The summed E-state index contributed by atoms with van der Waals surface area (Å²) in [5.74, 6) is -6.62. The molecule has 14 nitrogen and oxygen atoms in total. The number of aliphatic hydroxyl groups is 5. The number of hydrogen-bond donors (Lipinski definition) is 8. The zero-order valence-electron chi connectivity index (χ0n) is 14.8. The monoisotopic (exact) mass is 419 g/mol. The van der Waals surface area contributed by atoms with Gasteiger partial charge in [0, 0.05) is 0 Å². The molecule has 4 fully saturated rings. The summed E-state index contributed by atoms with van der Waals surface area (Å²) in [5, 5.41) is 64.2. The van der Waals surface area contributed by atoms with E-state index in [1.54, 1.807) is 0 Å². The van der Waals surface area contributed by atoms with Crippen molar-refractivity contribution in [1.82, 2.24) is 5.32 Å². The molecular weight excluding hydrogens is 398 g/mol. The number of aliphatic hydroxyl groups excluding tert-OH is 3. The molecule has 0 amide bonds. The maximum Gasteiger partial charge on any atom is 0.311 e. The van der Waals surface area contributed by atoms with Crippen LogP contribution in [0.3, 0.4) is 0 Å². The third kappa shape index (κ3) is 2.51. The van der Waals surface area contributed by atoms with Crippen LogP contribution in [0.2, 0.25) is 0 Å². The predicted octanol–water partition coefficient (Wildman–Crippen LogP) is -5.10. The van der Waals surface area contributed by atoms with E-state index in [9.17, 15) is 35.1 Å². The summed E-state index contributed by atoms with van der Waals surface area (Å²) in [4.78, 5) is 26.7. The number of hydrogen-bond acceptors (Lipinski definition) is 13. The minimum Gasteiger partial charge on any atom is -0.481 e. The smallest absolute Gasteiger partial charge is 0.311 e. The van der Waals surface area contributed by atoms with Gasteiger partial charge in [-0.2, -0.15) is 0 Å². The first-order chi connectivity index (χ1) is 13.5. The van der Waals surface area contributed by atoms with E-state index in [1.807, 2.05) is 0 Å². The van der Waals surface area contributed by atoms with Crippen molar-refractivity contribution in [3.8, 4) is 0 Å². The highest BCUT2D eigenvalue weighted by Gasteiger charge is 2.84. The number of aliphatic carboxylic acids is 1. The Morgan fingerprint density at radius 2 is 1.86 bits per heavy atom. The van der Waals surface area contributed by atoms with Crippen LogP contribution >= 0.6 is 0 Å². The lowest BCUT2D eigenvalue weighted by Crippen LogP contribution is -2.95. The summed E-state index contributed by atoms with van der Waals surface area (Å²) < 4.78 is 15.9. The lowest BCUT2D eigenvalue weighted by molar-refractivity contribution is -0.548. The molecule has 1 saturated carbocycles. The van der Waals surface area contributed by atoms with Crippen LogP contribution in [0.25, 0.3) is 0 Å². The summed E-state index contributed by atoms with van der Waals surface area (Å²) in [6, 6.07) is 0. The Labute approximate surface area is 162 Å². The van der Waals surface area contributed by atoms with Crippen LogP contribution in [0.1, 0.15) is 12.8 Å². The van der Waals surface area contributed by atoms with Crippen LogP contribution in [-0.2, 0) is 23.8 Å². The fourth-order valence-electron chi connectivity index (χ4n) is 4.78. The molecule has 9 N–H and O–H groups in total. The molecule has 4 bridgehead atoms. The van der Waals surface area contributed by atoms with E-state index in [2.05, 4.69) is 10.3 Å². The molecule has 29 heavy (non-hydrogen) atoms. The van der Waals surface area contributed by atoms with Crippen molar-refractivity contribution in [2.24, 2.45) is 16.6 Å². The summed E-state index contributed by atoms with van der Waals surface area (Å²) in [5.41, 5.74) is 1.52. The zero-order chi connectivity index (χ0) is 21.4. The predicted molar refractivity (Wildman–Crippen MR) is 86.5 cm³/mol. The molecule has 162 valence electrons. The Balaban J connectivity index is 1.80. The third-order valence-corrected chi connectivity index (χ3v) is 5.99. The van der Waals surface area contributed by atoms with E-state index in [1.165, 1.54) is 0 Å². The van der Waals surface area contributed by atoms with Gasteiger partial charge in [0.25, 0.3) is 0 Å². The molecule has 0 aromatic heterocycles. The molecule has 0 aromatic rings. The number of guanidine groups is 1. The second kappa shape index (κ2) is 6.21. The normalized spacial score (nSPS) is 49.8. The Kier molecular flexibility index (Phi) is 4.33. The van der Waals surface area contributed by atoms with E-state index in [0.717, 1.165) is 0 Å². The van der Waals surface area contributed by atoms with E-state index >= 15 is 0 Å². The van der Waals surface area contributed by atoms with Gasteiger partial charge in [-0.05, 0) is 0 Å². The Morgan fingerprint density at radius 3 is 2.48 bits per heavy atom. The van der Waals surface area contributed by atoms with E-state index in [0.29, 0.717) is 0 Å². The second-order valence-electron chi connectivity index (χ2n) is 7.58. The number of ether oxygens (including phenoxy) is 3. The van der Waals surface area contributed by atoms with Crippen LogP contribution in [-0.4, -0.2) is 103 Å². The van der Waals surface area contributed by atoms with Crippen molar-refractivity contribution in [2.45, 2.75) is 60.6 Å². The molecule has 5 unspecified atom stereocenters. The van der Waals surface area contributed by atoms with Gasteiger partial charge in [-0.3, -0.25) is 9.59 Å². The quantitative estimate of drug-likeness (QED) is 0.195. The minimum atomic E-state index is -2.67. The van der Waals surface area contributed by atoms with Gasteiger partial charge in [-0.15, -0.1) is 0 Å². The number of nitrogens with one attached hydrogen (secondary N) is 1. The molecule has 3 saturated heterocycles. The molecule has 0 radical (unpaired) electrons. The zero-order valence-corrected chi connectivity index (χ0v) is 14.8. The molecule has 14 heteroatoms. The highest BCUT2D eigenvalue weighted by molar-refractivity contribution is 5.81. The molecule has 0 aromatic carbocycles. The number of nitrogens with two attached hydrogens (primary N) is 1. The van der Waals surface area contributed by atoms with Crippen LogP contribution in [0.5, 0.6) is 0 Å². The Hall–Kier alpha value is -2.07. The number of nitrogens with zero attached hydrogens (tertiary/aromatic N) is 1. The summed E-state index contributed by atoms with van der Waals surface area (Å²) in [7, 11) is 0. The molecule has 4 aliphatic heterocycles. The van der Waals surface area contributed by atoms with Crippen LogP contribution in [0.15, 0.2) is 4.99 Å². The lowest BCUT2D eigenvalue weighted by atomic mass is 9.55. The van der Waals surface area contributed by atoms with Crippen molar-refractivity contribution in [3.63, 3.8) is 0 Å². The van der Waals surface area contributed by atoms with Crippen molar-refractivity contribution in [3.05, 3.63) is 0 Å². The largest absolute Gasteiger partial charge is 0.481 e. The van der Waals surface area contributed by atoms with Crippen molar-refractivity contribution in [2.75, 3.05) is 6.61 Å². The minimum absolute atomic E-state index is 0.350. The average Bonchev–Trinajstić information content (AvgIpc) is 2.63. The van der Waals surface area contributed by atoms with Crippen LogP contribution < -0.4 is 11.1 Å². The number of carbonyl (C=O) groups excluding carboxylic acids is 1. The fraction of sp³-hybridized carbons (Fsp3) is 0.800. The average molecular weight is 419 g/mol. The third-order valence-electron chi connectivity index (χ3n) is 5.99. The molecule has 4 heterocycles. The van der Waals surface area contributed by atoms with Gasteiger partial charge in [0.15, 0.2) is 24.4 Å². The maximum absolute atomic E-state index is 12.2. The molecule has 9 atom stereocenters. The maximum atomic E-state index is 12.2. The standard InChI is InChI=1S/C15H21N3O11/c16-12-17-10(23)6-7-13(25,3-19)8-9(27-5(22)2-1-4(20)21)14(6,18-12)11(24)15(26,28-7)29-8/h6-11,19,23-26H,1-3H2,(H,20,21)(H3,16,17,18)/t6?,7?,8?,9-,10?,11+,13+,14-,15?/m1/s1. The summed E-state index contributed by atoms with van der Waals surface area (Å²) in [6.07, 6.45) is -9.44. The highest BCUT2D eigenvalue weighted by Crippen LogP contribution is 2.59. The first-order valence-electron chi connectivity index (χ1n) is 8.79. The SMILES string of the molecule is NC1=NC(O)C2C3OC4(O)OC([C@@H](OC(=O)CCC(=O)O)[C@@]2(N1)[C@@H]4O)[C@]3(O)CO. The molecule has 1 spiro atoms. The van der Waals surface area contributed by atoms with Gasteiger partial charge in [0.05, 0.1) is 25.4 Å². The molecule has 5 aliphatic rings. The van der Waals surface area contributed by atoms with Gasteiger partial charge in [0.2, 0.25) is 0 Å². The summed E-state index contributed by atoms with van der Waals surface area (Å²) >= 11 is 0. The lowest BCUT2D eigenvalue weighted by Gasteiger charge is -2.71. The van der Waals surface area contributed by atoms with Gasteiger partial charge >= 0.3 is 17.9 Å². The van der Waals surface area contributed by atoms with Crippen molar-refractivity contribution < 1.29 is 54.4 Å². The topological polar surface area (TPSA) is 234 Å². The first kappa shape index (κ1) is 20.2. The van der Waals surface area contributed by atoms with E-state index in [-0.39, 0.29) is 5.96 Å². The highest BCUT2D eigenvalue weighted by atomic mass is 16.9. The van der Waals surface area contributed by atoms with Gasteiger partial charge < -0.3 is 55.9 Å². The van der Waals surface area contributed by atoms with Crippen LogP contribution in [0, 0.1) is 5.92 Å².